The Bertz CT molecular complexity index is 1070. The van der Waals surface area contributed by atoms with Crippen LogP contribution in [0, 0.1) is 0 Å². The first-order valence-corrected chi connectivity index (χ1v) is 11.8. The zero-order chi connectivity index (χ0) is 24.1. The number of aromatic nitrogens is 2. The fourth-order valence-corrected chi connectivity index (χ4v) is 4.56. The van der Waals surface area contributed by atoms with E-state index >= 15 is 0 Å². The number of nitrogens with one attached hydrogen (secondary N) is 1. The molecule has 3 aliphatic heterocycles. The van der Waals surface area contributed by atoms with Crippen molar-refractivity contribution in [3.63, 3.8) is 0 Å². The van der Waals surface area contributed by atoms with Gasteiger partial charge in [-0.1, -0.05) is 0 Å². The summed E-state index contributed by atoms with van der Waals surface area (Å²) in [6.45, 7) is 6.21. The van der Waals surface area contributed by atoms with Crippen LogP contribution in [-0.4, -0.2) is 87.5 Å². The molecule has 14 nitrogen and oxygen atoms in total. The van der Waals surface area contributed by atoms with Crippen LogP contribution in [0.3, 0.4) is 0 Å². The lowest BCUT2D eigenvalue weighted by atomic mass is 9.98. The minimum atomic E-state index is -4.98. The molecule has 0 aliphatic carbocycles. The van der Waals surface area contributed by atoms with E-state index in [0.29, 0.717) is 29.4 Å². The van der Waals surface area contributed by atoms with Crippen LogP contribution >= 0.6 is 0 Å². The second-order valence-corrected chi connectivity index (χ2v) is 10.1. The smallest absolute Gasteiger partial charge is 0.418 e. The van der Waals surface area contributed by atoms with E-state index in [1.165, 1.54) is 11.1 Å². The molecule has 182 valence electrons. The minimum absolute atomic E-state index is 0.00557. The number of fused-ring (bicyclic) bond motifs is 4. The molecule has 2 bridgehead atoms. The van der Waals surface area contributed by atoms with Gasteiger partial charge in [-0.3, -0.25) is 4.55 Å². The Balaban J connectivity index is 1.64. The number of hydroxylamine groups is 2. The third-order valence-electron chi connectivity index (χ3n) is 5.50. The van der Waals surface area contributed by atoms with Gasteiger partial charge in [0.2, 0.25) is 0 Å². The van der Waals surface area contributed by atoms with Gasteiger partial charge in [0, 0.05) is 31.4 Å². The number of amides is 4. The molecule has 2 saturated heterocycles. The molecule has 4 amide bonds. The monoisotopic (exact) mass is 486 g/mol. The number of carbonyl (C=O) groups excluding carboxylic acids is 3. The summed E-state index contributed by atoms with van der Waals surface area (Å²) in [5.74, 6) is 0. The summed E-state index contributed by atoms with van der Waals surface area (Å²) in [7, 11) is -4.98. The maximum Gasteiger partial charge on any atom is 0.418 e. The molecule has 1 aromatic rings. The maximum atomic E-state index is 12.9. The summed E-state index contributed by atoms with van der Waals surface area (Å²) in [6, 6.07) is -2.92. The molecule has 0 saturated carbocycles. The summed E-state index contributed by atoms with van der Waals surface area (Å²) in [5.41, 5.74) is -0.0471. The van der Waals surface area contributed by atoms with Crippen molar-refractivity contribution >= 4 is 28.6 Å². The van der Waals surface area contributed by atoms with Crippen LogP contribution < -0.4 is 5.32 Å². The minimum Gasteiger partial charge on any atom is -0.444 e. The third kappa shape index (κ3) is 4.74. The SMILES string of the molecule is CC(C)(C)OC(=O)NCC1c2nn(C(=O)N3CCCC3)cc2[C@H]2CN1C(=O)N2OS(=O)(=O)O. The second kappa shape index (κ2) is 8.14. The van der Waals surface area contributed by atoms with Crippen LogP contribution in [0.5, 0.6) is 0 Å². The van der Waals surface area contributed by atoms with E-state index in [4.69, 9.17) is 9.29 Å². The van der Waals surface area contributed by atoms with Crippen molar-refractivity contribution < 1.29 is 36.4 Å². The van der Waals surface area contributed by atoms with Gasteiger partial charge in [0.05, 0.1) is 18.3 Å². The van der Waals surface area contributed by atoms with E-state index in [-0.39, 0.29) is 19.1 Å². The van der Waals surface area contributed by atoms with Crippen molar-refractivity contribution in [3.05, 3.63) is 17.5 Å². The van der Waals surface area contributed by atoms with Gasteiger partial charge in [0.25, 0.3) is 0 Å². The first-order chi connectivity index (χ1) is 15.3. The lowest BCUT2D eigenvalue weighted by molar-refractivity contribution is -0.0317. The zero-order valence-corrected chi connectivity index (χ0v) is 19.2. The Morgan fingerprint density at radius 1 is 1.27 bits per heavy atom. The van der Waals surface area contributed by atoms with E-state index in [9.17, 15) is 22.8 Å². The lowest BCUT2D eigenvalue weighted by Crippen LogP contribution is -2.42. The number of hydrogen-bond donors (Lipinski definition) is 2. The quantitative estimate of drug-likeness (QED) is 0.592. The zero-order valence-electron chi connectivity index (χ0n) is 18.4. The first-order valence-electron chi connectivity index (χ1n) is 10.5. The molecule has 2 fully saturated rings. The summed E-state index contributed by atoms with van der Waals surface area (Å²) >= 11 is 0. The molecular formula is C18H26N6O8S. The fraction of sp³-hybridized carbons (Fsp3) is 0.667. The number of ether oxygens (including phenoxy) is 1. The average molecular weight is 487 g/mol. The highest BCUT2D eigenvalue weighted by atomic mass is 32.3. The van der Waals surface area contributed by atoms with Gasteiger partial charge in [-0.2, -0.15) is 23.3 Å². The van der Waals surface area contributed by atoms with Crippen molar-refractivity contribution in [2.45, 2.75) is 51.3 Å². The number of carbonyl (C=O) groups is 3. The Morgan fingerprint density at radius 3 is 2.55 bits per heavy atom. The highest BCUT2D eigenvalue weighted by molar-refractivity contribution is 7.80. The van der Waals surface area contributed by atoms with Crippen LogP contribution in [0.4, 0.5) is 14.4 Å². The molecule has 15 heteroatoms. The molecule has 33 heavy (non-hydrogen) atoms. The Hall–Kier alpha value is -2.91. The molecular weight excluding hydrogens is 460 g/mol. The second-order valence-electron chi connectivity index (χ2n) is 9.07. The molecule has 2 atom stereocenters. The molecule has 0 radical (unpaired) electrons. The molecule has 1 aromatic heterocycles. The molecule has 2 N–H and O–H groups in total. The molecule has 1 unspecified atom stereocenters. The van der Waals surface area contributed by atoms with Crippen molar-refractivity contribution in [3.8, 4) is 0 Å². The van der Waals surface area contributed by atoms with Gasteiger partial charge >= 0.3 is 28.6 Å². The Kier molecular flexibility index (Phi) is 5.74. The molecule has 3 aliphatic rings. The normalized spacial score (nSPS) is 22.5. The summed E-state index contributed by atoms with van der Waals surface area (Å²) < 4.78 is 42.7. The number of hydrogen-bond acceptors (Lipinski definition) is 8. The Labute approximate surface area is 190 Å². The summed E-state index contributed by atoms with van der Waals surface area (Å²) in [4.78, 5) is 40.8. The number of urea groups is 1. The maximum absolute atomic E-state index is 12.9. The van der Waals surface area contributed by atoms with Gasteiger partial charge in [0.1, 0.15) is 11.6 Å². The van der Waals surface area contributed by atoms with Crippen molar-refractivity contribution in [1.29, 1.82) is 0 Å². The van der Waals surface area contributed by atoms with Crippen LogP contribution in [-0.2, 0) is 19.4 Å². The van der Waals surface area contributed by atoms with Crippen LogP contribution in [0.15, 0.2) is 6.20 Å². The Morgan fingerprint density at radius 2 is 1.94 bits per heavy atom. The first kappa shape index (κ1) is 23.3. The van der Waals surface area contributed by atoms with Crippen LogP contribution in [0.25, 0.3) is 0 Å². The van der Waals surface area contributed by atoms with E-state index in [2.05, 4.69) is 14.7 Å². The lowest BCUT2D eigenvalue weighted by Gasteiger charge is -2.30. The third-order valence-corrected chi connectivity index (χ3v) is 5.85. The summed E-state index contributed by atoms with van der Waals surface area (Å²) in [5, 5.41) is 7.50. The number of nitrogens with zero attached hydrogens (tertiary/aromatic N) is 5. The number of alkyl carbamates (subject to hydrolysis) is 1. The van der Waals surface area contributed by atoms with Gasteiger partial charge in [-0.15, -0.1) is 4.28 Å². The standard InChI is InChI=1S/C18H26N6O8S/c1-18(2,3)31-15(25)19-8-12-14-11(9-23(20-14)16(26)21-6-4-5-7-21)13-10-22(12)17(27)24(13)32-33(28,29)30/h9,12-13H,4-8,10H2,1-3H3,(H,19,25)(H,28,29,30)/t12?,13-/m1/s1. The van der Waals surface area contributed by atoms with E-state index in [1.807, 2.05) is 0 Å². The number of rotatable bonds is 4. The predicted octanol–water partition coefficient (Wildman–Crippen LogP) is 1.04. The van der Waals surface area contributed by atoms with Gasteiger partial charge in [0.15, 0.2) is 0 Å². The number of likely N-dealkylation sites (tertiary alicyclic amines) is 1. The molecule has 4 heterocycles. The van der Waals surface area contributed by atoms with Crippen molar-refractivity contribution in [1.82, 2.24) is 30.0 Å². The topological polar surface area (TPSA) is 164 Å². The van der Waals surface area contributed by atoms with Gasteiger partial charge in [-0.25, -0.2) is 14.4 Å². The van der Waals surface area contributed by atoms with Gasteiger partial charge < -0.3 is 19.9 Å². The molecule has 0 aromatic carbocycles. The highest BCUT2D eigenvalue weighted by Crippen LogP contribution is 2.43. The fourth-order valence-electron chi connectivity index (χ4n) is 4.19. The van der Waals surface area contributed by atoms with E-state index in [0.717, 1.165) is 17.5 Å². The molecule has 4 rings (SSSR count). The van der Waals surface area contributed by atoms with Crippen molar-refractivity contribution in [2.75, 3.05) is 26.2 Å². The van der Waals surface area contributed by atoms with Crippen LogP contribution in [0.2, 0.25) is 0 Å². The predicted molar refractivity (Wildman–Crippen MR) is 110 cm³/mol. The highest BCUT2D eigenvalue weighted by Gasteiger charge is 2.52. The summed E-state index contributed by atoms with van der Waals surface area (Å²) in [6.07, 6.45) is 2.49. The van der Waals surface area contributed by atoms with Crippen LogP contribution in [0.1, 0.15) is 57.0 Å². The van der Waals surface area contributed by atoms with E-state index < -0.39 is 40.2 Å². The van der Waals surface area contributed by atoms with Gasteiger partial charge in [-0.05, 0) is 33.6 Å². The molecule has 0 spiro atoms. The average Bonchev–Trinajstić information content (AvgIpc) is 3.41. The van der Waals surface area contributed by atoms with E-state index in [1.54, 1.807) is 25.7 Å². The largest absolute Gasteiger partial charge is 0.444 e. The van der Waals surface area contributed by atoms with Crippen molar-refractivity contribution in [2.24, 2.45) is 0 Å².